The molecule has 2 aromatic carbocycles. The van der Waals surface area contributed by atoms with E-state index in [0.717, 1.165) is 11.1 Å². The molecule has 2 nitrogen and oxygen atoms in total. The van der Waals surface area contributed by atoms with Gasteiger partial charge in [-0.15, -0.1) is 0 Å². The van der Waals surface area contributed by atoms with E-state index in [1.54, 1.807) is 31.2 Å². The third-order valence-corrected chi connectivity index (χ3v) is 3.38. The van der Waals surface area contributed by atoms with Crippen LogP contribution in [-0.2, 0) is 9.53 Å². The Bertz CT molecular complexity index is 663. The molecule has 108 valence electrons. The summed E-state index contributed by atoms with van der Waals surface area (Å²) in [6, 6.07) is 14.4. The number of hydrogen-bond donors (Lipinski definition) is 0. The first-order valence-electron chi connectivity index (χ1n) is 6.35. The highest BCUT2D eigenvalue weighted by Crippen LogP contribution is 2.29. The summed E-state index contributed by atoms with van der Waals surface area (Å²) >= 11 is 11.9. The fourth-order valence-electron chi connectivity index (χ4n) is 1.84. The molecule has 0 aliphatic heterocycles. The van der Waals surface area contributed by atoms with Crippen LogP contribution in [0.15, 0.2) is 60.7 Å². The van der Waals surface area contributed by atoms with Crippen molar-refractivity contribution in [3.05, 3.63) is 81.9 Å². The van der Waals surface area contributed by atoms with Crippen LogP contribution in [0.3, 0.4) is 0 Å². The van der Waals surface area contributed by atoms with Gasteiger partial charge in [-0.05, 0) is 42.3 Å². The van der Waals surface area contributed by atoms with Gasteiger partial charge in [-0.3, -0.25) is 0 Å². The molecule has 0 saturated carbocycles. The molecule has 0 aromatic heterocycles. The molecule has 4 heteroatoms. The van der Waals surface area contributed by atoms with Gasteiger partial charge in [0.15, 0.2) is 6.10 Å². The van der Waals surface area contributed by atoms with Crippen molar-refractivity contribution in [1.82, 2.24) is 0 Å². The second-order valence-electron chi connectivity index (χ2n) is 4.67. The maximum absolute atomic E-state index is 11.9. The van der Waals surface area contributed by atoms with Gasteiger partial charge in [-0.1, -0.05) is 54.0 Å². The van der Waals surface area contributed by atoms with E-state index in [2.05, 4.69) is 6.58 Å². The number of carbonyl (C=O) groups is 1. The van der Waals surface area contributed by atoms with Crippen LogP contribution < -0.4 is 0 Å². The number of hydrogen-bond acceptors (Lipinski definition) is 2. The first kappa shape index (κ1) is 15.6. The summed E-state index contributed by atoms with van der Waals surface area (Å²) in [4.78, 5) is 11.9. The van der Waals surface area contributed by atoms with Crippen molar-refractivity contribution in [1.29, 1.82) is 0 Å². The molecule has 1 unspecified atom stereocenters. The molecule has 0 heterocycles. The van der Waals surface area contributed by atoms with Gasteiger partial charge in [0.25, 0.3) is 0 Å². The van der Waals surface area contributed by atoms with Gasteiger partial charge in [0.2, 0.25) is 0 Å². The average molecular weight is 321 g/mol. The third kappa shape index (κ3) is 4.10. The monoisotopic (exact) mass is 320 g/mol. The van der Waals surface area contributed by atoms with Crippen molar-refractivity contribution in [2.24, 2.45) is 0 Å². The van der Waals surface area contributed by atoms with Crippen LogP contribution in [0.4, 0.5) is 0 Å². The topological polar surface area (TPSA) is 26.3 Å². The molecule has 2 rings (SSSR count). The largest absolute Gasteiger partial charge is 0.449 e. The highest BCUT2D eigenvalue weighted by Gasteiger charge is 2.19. The van der Waals surface area contributed by atoms with Crippen LogP contribution in [0.1, 0.15) is 24.2 Å². The number of esters is 1. The lowest BCUT2D eigenvalue weighted by molar-refractivity contribution is -0.142. The molecular formula is C17H14Cl2O2. The van der Waals surface area contributed by atoms with Crippen LogP contribution in [0.25, 0.3) is 0 Å². The van der Waals surface area contributed by atoms with E-state index >= 15 is 0 Å². The van der Waals surface area contributed by atoms with E-state index in [9.17, 15) is 4.79 Å². The fourth-order valence-corrected chi connectivity index (χ4v) is 2.17. The Labute approximate surface area is 134 Å². The van der Waals surface area contributed by atoms with Gasteiger partial charge in [-0.2, -0.15) is 0 Å². The zero-order valence-electron chi connectivity index (χ0n) is 11.5. The molecule has 0 amide bonds. The fraction of sp³-hybridized carbons (Fsp3) is 0.118. The minimum Gasteiger partial charge on any atom is -0.449 e. The highest BCUT2D eigenvalue weighted by atomic mass is 35.5. The quantitative estimate of drug-likeness (QED) is 0.571. The predicted molar refractivity (Wildman–Crippen MR) is 85.7 cm³/mol. The van der Waals surface area contributed by atoms with Crippen LogP contribution >= 0.6 is 23.2 Å². The molecule has 21 heavy (non-hydrogen) atoms. The van der Waals surface area contributed by atoms with Gasteiger partial charge in [0.1, 0.15) is 0 Å². The lowest BCUT2D eigenvalue weighted by Gasteiger charge is -2.19. The lowest BCUT2D eigenvalue weighted by Crippen LogP contribution is -2.13. The van der Waals surface area contributed by atoms with Crippen LogP contribution in [0.5, 0.6) is 0 Å². The number of rotatable bonds is 4. The smallest absolute Gasteiger partial charge is 0.334 e. The second kappa shape index (κ2) is 6.79. The second-order valence-corrected chi connectivity index (χ2v) is 5.55. The SMILES string of the molecule is C=C(C)C(=O)OC(c1ccc(Cl)cc1)c1cccc(Cl)c1. The summed E-state index contributed by atoms with van der Waals surface area (Å²) in [5.41, 5.74) is 1.95. The molecule has 0 radical (unpaired) electrons. The maximum Gasteiger partial charge on any atom is 0.334 e. The van der Waals surface area contributed by atoms with Crippen LogP contribution in [-0.4, -0.2) is 5.97 Å². The van der Waals surface area contributed by atoms with Crippen molar-refractivity contribution in [2.45, 2.75) is 13.0 Å². The minimum atomic E-state index is -0.551. The zero-order valence-corrected chi connectivity index (χ0v) is 13.0. The molecular weight excluding hydrogens is 307 g/mol. The van der Waals surface area contributed by atoms with Crippen molar-refractivity contribution in [2.75, 3.05) is 0 Å². The van der Waals surface area contributed by atoms with Crippen molar-refractivity contribution < 1.29 is 9.53 Å². The van der Waals surface area contributed by atoms with E-state index in [0.29, 0.717) is 15.6 Å². The Morgan fingerprint density at radius 2 is 1.71 bits per heavy atom. The number of halogens is 2. The molecule has 0 N–H and O–H groups in total. The summed E-state index contributed by atoms with van der Waals surface area (Å²) in [7, 11) is 0. The van der Waals surface area contributed by atoms with Crippen molar-refractivity contribution >= 4 is 29.2 Å². The van der Waals surface area contributed by atoms with Crippen molar-refractivity contribution in [3.63, 3.8) is 0 Å². The minimum absolute atomic E-state index is 0.344. The van der Waals surface area contributed by atoms with Gasteiger partial charge in [-0.25, -0.2) is 4.79 Å². The first-order valence-corrected chi connectivity index (χ1v) is 7.10. The standard InChI is InChI=1S/C17H14Cl2O2/c1-11(2)17(20)21-16(12-6-8-14(18)9-7-12)13-4-3-5-15(19)10-13/h3-10,16H,1H2,2H3. The Kier molecular flexibility index (Phi) is 5.05. The highest BCUT2D eigenvalue weighted by molar-refractivity contribution is 6.30. The van der Waals surface area contributed by atoms with E-state index in [-0.39, 0.29) is 0 Å². The normalized spacial score (nSPS) is 11.8. The predicted octanol–water partition coefficient (Wildman–Crippen LogP) is 5.20. The molecule has 0 spiro atoms. The zero-order chi connectivity index (χ0) is 15.4. The lowest BCUT2D eigenvalue weighted by atomic mass is 10.0. The van der Waals surface area contributed by atoms with Gasteiger partial charge in [0, 0.05) is 15.6 Å². The van der Waals surface area contributed by atoms with Gasteiger partial charge < -0.3 is 4.74 Å². The summed E-state index contributed by atoms with van der Waals surface area (Å²) in [6.45, 7) is 5.22. The van der Waals surface area contributed by atoms with Crippen molar-refractivity contribution in [3.8, 4) is 0 Å². The summed E-state index contributed by atoms with van der Waals surface area (Å²) in [5.74, 6) is -0.449. The number of ether oxygens (including phenoxy) is 1. The molecule has 2 aromatic rings. The third-order valence-electron chi connectivity index (χ3n) is 2.90. The Morgan fingerprint density at radius 1 is 1.05 bits per heavy atom. The molecule has 0 aliphatic carbocycles. The van der Waals surface area contributed by atoms with Gasteiger partial charge >= 0.3 is 5.97 Å². The molecule has 0 bridgehead atoms. The van der Waals surface area contributed by atoms with Gasteiger partial charge in [0.05, 0.1) is 0 Å². The first-order chi connectivity index (χ1) is 9.97. The molecule has 0 saturated heterocycles. The van der Waals surface area contributed by atoms with E-state index in [1.807, 2.05) is 24.3 Å². The average Bonchev–Trinajstić information content (AvgIpc) is 2.45. The Balaban J connectivity index is 2.41. The number of carbonyl (C=O) groups excluding carboxylic acids is 1. The molecule has 0 aliphatic rings. The van der Waals surface area contributed by atoms with Crippen LogP contribution in [0, 0.1) is 0 Å². The Hall–Kier alpha value is -1.77. The molecule has 0 fully saturated rings. The maximum atomic E-state index is 11.9. The van der Waals surface area contributed by atoms with E-state index in [4.69, 9.17) is 27.9 Å². The van der Waals surface area contributed by atoms with Crippen LogP contribution in [0.2, 0.25) is 10.0 Å². The summed E-state index contributed by atoms with van der Waals surface area (Å²) < 4.78 is 5.54. The summed E-state index contributed by atoms with van der Waals surface area (Å²) in [6.07, 6.45) is -0.551. The van der Waals surface area contributed by atoms with E-state index < -0.39 is 12.1 Å². The number of benzene rings is 2. The Morgan fingerprint density at radius 3 is 2.29 bits per heavy atom. The van der Waals surface area contributed by atoms with E-state index in [1.165, 1.54) is 0 Å². The molecule has 1 atom stereocenters. The summed E-state index contributed by atoms with van der Waals surface area (Å²) in [5, 5.41) is 1.20.